The molecular formula is C18H23NO. The van der Waals surface area contributed by atoms with E-state index in [0.29, 0.717) is 12.6 Å². The van der Waals surface area contributed by atoms with Gasteiger partial charge in [0, 0.05) is 19.7 Å². The maximum atomic E-state index is 5.17. The van der Waals surface area contributed by atoms with E-state index in [-0.39, 0.29) is 0 Å². The molecule has 0 aromatic heterocycles. The van der Waals surface area contributed by atoms with Crippen molar-refractivity contribution in [2.75, 3.05) is 7.11 Å². The van der Waals surface area contributed by atoms with E-state index in [1.165, 1.54) is 22.3 Å². The highest BCUT2D eigenvalue weighted by atomic mass is 16.5. The second-order valence-corrected chi connectivity index (χ2v) is 5.21. The van der Waals surface area contributed by atoms with Crippen LogP contribution in [0.5, 0.6) is 0 Å². The Morgan fingerprint density at radius 3 is 2.55 bits per heavy atom. The monoisotopic (exact) mass is 269 g/mol. The summed E-state index contributed by atoms with van der Waals surface area (Å²) in [7, 11) is 1.73. The van der Waals surface area contributed by atoms with Gasteiger partial charge in [-0.25, -0.2) is 0 Å². The summed E-state index contributed by atoms with van der Waals surface area (Å²) in [5.41, 5.74) is 5.21. The highest BCUT2D eigenvalue weighted by Gasteiger charge is 2.07. The van der Waals surface area contributed by atoms with E-state index < -0.39 is 0 Å². The number of hydrogen-bond donors (Lipinski definition) is 1. The summed E-state index contributed by atoms with van der Waals surface area (Å²) in [5.74, 6) is 0. The summed E-state index contributed by atoms with van der Waals surface area (Å²) in [6.45, 7) is 5.91. The maximum Gasteiger partial charge on any atom is 0.0713 e. The zero-order valence-electron chi connectivity index (χ0n) is 12.5. The van der Waals surface area contributed by atoms with Gasteiger partial charge in [-0.1, -0.05) is 48.5 Å². The zero-order chi connectivity index (χ0) is 14.4. The third-order valence-corrected chi connectivity index (χ3v) is 3.57. The molecule has 0 aliphatic rings. The van der Waals surface area contributed by atoms with Crippen molar-refractivity contribution in [3.05, 3.63) is 70.8 Å². The van der Waals surface area contributed by atoms with Gasteiger partial charge in [0.05, 0.1) is 6.61 Å². The largest absolute Gasteiger partial charge is 0.380 e. The predicted octanol–water partition coefficient (Wildman–Crippen LogP) is 3.99. The number of hydrogen-bond acceptors (Lipinski definition) is 2. The minimum absolute atomic E-state index is 0.349. The van der Waals surface area contributed by atoms with E-state index >= 15 is 0 Å². The molecule has 2 nitrogen and oxygen atoms in total. The van der Waals surface area contributed by atoms with Crippen molar-refractivity contribution in [2.45, 2.75) is 33.0 Å². The molecule has 0 spiro atoms. The van der Waals surface area contributed by atoms with Gasteiger partial charge in [-0.3, -0.25) is 0 Å². The number of aryl methyl sites for hydroxylation is 1. The molecule has 1 N–H and O–H groups in total. The number of benzene rings is 2. The Kier molecular flexibility index (Phi) is 5.33. The van der Waals surface area contributed by atoms with E-state index in [0.717, 1.165) is 6.54 Å². The van der Waals surface area contributed by atoms with Crippen LogP contribution in [-0.2, 0) is 17.9 Å². The third-order valence-electron chi connectivity index (χ3n) is 3.57. The van der Waals surface area contributed by atoms with Crippen LogP contribution < -0.4 is 5.32 Å². The first-order valence-corrected chi connectivity index (χ1v) is 7.06. The minimum atomic E-state index is 0.349. The van der Waals surface area contributed by atoms with Gasteiger partial charge in [0.2, 0.25) is 0 Å². The normalized spacial score (nSPS) is 12.3. The number of ether oxygens (including phenoxy) is 1. The lowest BCUT2D eigenvalue weighted by molar-refractivity contribution is 0.185. The van der Waals surface area contributed by atoms with E-state index in [2.05, 4.69) is 67.7 Å². The lowest BCUT2D eigenvalue weighted by Gasteiger charge is -2.17. The van der Waals surface area contributed by atoms with Gasteiger partial charge in [0.15, 0.2) is 0 Å². The Bertz CT molecular complexity index is 551. The molecule has 0 aliphatic carbocycles. The average molecular weight is 269 g/mol. The molecule has 0 amide bonds. The molecule has 0 bridgehead atoms. The summed E-state index contributed by atoms with van der Waals surface area (Å²) in [6.07, 6.45) is 0. The van der Waals surface area contributed by atoms with E-state index in [1.54, 1.807) is 7.11 Å². The molecule has 0 radical (unpaired) electrons. The van der Waals surface area contributed by atoms with Gasteiger partial charge >= 0.3 is 0 Å². The van der Waals surface area contributed by atoms with Gasteiger partial charge in [-0.2, -0.15) is 0 Å². The molecule has 1 atom stereocenters. The van der Waals surface area contributed by atoms with Crippen LogP contribution in [0.15, 0.2) is 48.5 Å². The predicted molar refractivity (Wildman–Crippen MR) is 83.6 cm³/mol. The molecule has 0 aliphatic heterocycles. The molecule has 2 rings (SSSR count). The second kappa shape index (κ2) is 7.22. The van der Waals surface area contributed by atoms with Crippen molar-refractivity contribution >= 4 is 0 Å². The van der Waals surface area contributed by atoms with Crippen LogP contribution in [0.1, 0.15) is 35.2 Å². The lowest BCUT2D eigenvalue weighted by Crippen LogP contribution is -2.18. The van der Waals surface area contributed by atoms with Crippen LogP contribution in [0.25, 0.3) is 0 Å². The number of rotatable bonds is 6. The summed E-state index contributed by atoms with van der Waals surface area (Å²) in [6, 6.07) is 17.4. The van der Waals surface area contributed by atoms with Gasteiger partial charge in [0.25, 0.3) is 0 Å². The highest BCUT2D eigenvalue weighted by Crippen LogP contribution is 2.17. The first-order chi connectivity index (χ1) is 9.70. The van der Waals surface area contributed by atoms with Crippen molar-refractivity contribution in [2.24, 2.45) is 0 Å². The first kappa shape index (κ1) is 14.8. The second-order valence-electron chi connectivity index (χ2n) is 5.21. The standard InChI is InChI=1S/C18H23NO/c1-14-7-4-5-10-18(14)15(2)19-12-16-8-6-9-17(11-16)13-20-3/h4-11,15,19H,12-13H2,1-3H3. The number of nitrogens with one attached hydrogen (secondary N) is 1. The molecule has 0 saturated carbocycles. The smallest absolute Gasteiger partial charge is 0.0713 e. The Labute approximate surface area is 121 Å². The third kappa shape index (κ3) is 3.92. The molecule has 106 valence electrons. The molecular weight excluding hydrogens is 246 g/mol. The van der Waals surface area contributed by atoms with Crippen LogP contribution in [0.2, 0.25) is 0 Å². The molecule has 2 heteroatoms. The molecule has 0 saturated heterocycles. The van der Waals surface area contributed by atoms with Gasteiger partial charge in [-0.05, 0) is 36.1 Å². The molecule has 1 unspecified atom stereocenters. The van der Waals surface area contributed by atoms with E-state index in [9.17, 15) is 0 Å². The average Bonchev–Trinajstić information content (AvgIpc) is 2.46. The van der Waals surface area contributed by atoms with E-state index in [4.69, 9.17) is 4.74 Å². The first-order valence-electron chi connectivity index (χ1n) is 7.06. The van der Waals surface area contributed by atoms with Crippen molar-refractivity contribution in [3.63, 3.8) is 0 Å². The maximum absolute atomic E-state index is 5.17. The fraction of sp³-hybridized carbons (Fsp3) is 0.333. The Hall–Kier alpha value is -1.64. The van der Waals surface area contributed by atoms with Gasteiger partial charge < -0.3 is 10.1 Å². The van der Waals surface area contributed by atoms with E-state index in [1.807, 2.05) is 0 Å². The molecule has 0 fully saturated rings. The van der Waals surface area contributed by atoms with Crippen LogP contribution in [-0.4, -0.2) is 7.11 Å². The van der Waals surface area contributed by atoms with Crippen LogP contribution in [0.4, 0.5) is 0 Å². The zero-order valence-corrected chi connectivity index (χ0v) is 12.5. The Morgan fingerprint density at radius 1 is 1.05 bits per heavy atom. The van der Waals surface area contributed by atoms with Crippen molar-refractivity contribution < 1.29 is 4.74 Å². The minimum Gasteiger partial charge on any atom is -0.380 e. The van der Waals surface area contributed by atoms with Gasteiger partial charge in [-0.15, -0.1) is 0 Å². The number of methoxy groups -OCH3 is 1. The van der Waals surface area contributed by atoms with Crippen molar-refractivity contribution in [3.8, 4) is 0 Å². The van der Waals surface area contributed by atoms with Gasteiger partial charge in [0.1, 0.15) is 0 Å². The topological polar surface area (TPSA) is 21.3 Å². The highest BCUT2D eigenvalue weighted by molar-refractivity contribution is 5.29. The fourth-order valence-electron chi connectivity index (χ4n) is 2.45. The summed E-state index contributed by atoms with van der Waals surface area (Å²) in [5, 5.41) is 3.58. The summed E-state index contributed by atoms with van der Waals surface area (Å²) >= 11 is 0. The summed E-state index contributed by atoms with van der Waals surface area (Å²) in [4.78, 5) is 0. The Balaban J connectivity index is 1.98. The summed E-state index contributed by atoms with van der Waals surface area (Å²) < 4.78 is 5.17. The molecule has 2 aromatic carbocycles. The SMILES string of the molecule is COCc1cccc(CNC(C)c2ccccc2C)c1. The molecule has 20 heavy (non-hydrogen) atoms. The lowest BCUT2D eigenvalue weighted by atomic mass is 10.0. The van der Waals surface area contributed by atoms with Crippen LogP contribution >= 0.6 is 0 Å². The molecule has 2 aromatic rings. The molecule has 0 heterocycles. The fourth-order valence-corrected chi connectivity index (χ4v) is 2.45. The van der Waals surface area contributed by atoms with Crippen LogP contribution in [0, 0.1) is 6.92 Å². The van der Waals surface area contributed by atoms with Crippen molar-refractivity contribution in [1.82, 2.24) is 5.32 Å². The quantitative estimate of drug-likeness (QED) is 0.856. The van der Waals surface area contributed by atoms with Crippen LogP contribution in [0.3, 0.4) is 0 Å². The Morgan fingerprint density at radius 2 is 1.80 bits per heavy atom. The van der Waals surface area contributed by atoms with Crippen molar-refractivity contribution in [1.29, 1.82) is 0 Å².